The molecule has 0 aromatic heterocycles. The van der Waals surface area contributed by atoms with Gasteiger partial charge < -0.3 is 11.1 Å². The fraction of sp³-hybridized carbons (Fsp3) is 0.818. The Morgan fingerprint density at radius 3 is 2.20 bits per heavy atom. The second kappa shape index (κ2) is 3.93. The quantitative estimate of drug-likeness (QED) is 0.728. The van der Waals surface area contributed by atoms with Gasteiger partial charge in [0.2, 0.25) is 0 Å². The number of nitrogens with zero attached hydrogens (tertiary/aromatic N) is 1. The zero-order valence-electron chi connectivity index (χ0n) is 10.2. The molecule has 0 bridgehead atoms. The molecule has 1 aliphatic rings. The molecule has 4 heteroatoms. The lowest BCUT2D eigenvalue weighted by molar-refractivity contribution is -0.124. The Bertz CT molecular complexity index is 296. The van der Waals surface area contributed by atoms with Crippen molar-refractivity contribution < 1.29 is 4.79 Å². The Labute approximate surface area is 91.3 Å². The van der Waals surface area contributed by atoms with Crippen molar-refractivity contribution in [3.8, 4) is 0 Å². The van der Waals surface area contributed by atoms with E-state index in [9.17, 15) is 4.79 Å². The highest BCUT2D eigenvalue weighted by Gasteiger charge is 2.43. The van der Waals surface area contributed by atoms with Crippen LogP contribution in [-0.2, 0) is 4.79 Å². The van der Waals surface area contributed by atoms with E-state index in [2.05, 4.69) is 10.3 Å². The minimum Gasteiger partial charge on any atom is -0.321 e. The Morgan fingerprint density at radius 1 is 1.33 bits per heavy atom. The molecule has 1 heterocycles. The number of amides is 1. The average Bonchev–Trinajstić information content (AvgIpc) is 2.43. The van der Waals surface area contributed by atoms with Gasteiger partial charge >= 0.3 is 0 Å². The van der Waals surface area contributed by atoms with Crippen molar-refractivity contribution >= 4 is 11.7 Å². The van der Waals surface area contributed by atoms with Crippen molar-refractivity contribution in [2.24, 2.45) is 22.6 Å². The van der Waals surface area contributed by atoms with Crippen molar-refractivity contribution in [1.82, 2.24) is 5.32 Å². The number of hydrogen-bond acceptors (Lipinski definition) is 3. The maximum Gasteiger partial charge on any atom is 0.253 e. The average molecular weight is 211 g/mol. The lowest BCUT2D eigenvalue weighted by Crippen LogP contribution is -2.45. The van der Waals surface area contributed by atoms with Crippen LogP contribution in [0.3, 0.4) is 0 Å². The normalized spacial score (nSPS) is 28.3. The van der Waals surface area contributed by atoms with Gasteiger partial charge in [-0.05, 0) is 18.8 Å². The number of nitrogens with two attached hydrogens (primary N) is 1. The van der Waals surface area contributed by atoms with E-state index in [1.54, 1.807) is 0 Å². The molecule has 2 atom stereocenters. The fourth-order valence-electron chi connectivity index (χ4n) is 1.44. The first kappa shape index (κ1) is 12.2. The van der Waals surface area contributed by atoms with Crippen LogP contribution in [0.4, 0.5) is 0 Å². The molecule has 86 valence electrons. The number of nitrogens with one attached hydrogen (secondary N) is 1. The summed E-state index contributed by atoms with van der Waals surface area (Å²) < 4.78 is 0. The Balaban J connectivity index is 2.94. The first-order valence-corrected chi connectivity index (χ1v) is 5.45. The lowest BCUT2D eigenvalue weighted by Gasteiger charge is -2.21. The summed E-state index contributed by atoms with van der Waals surface area (Å²) in [6.45, 7) is 9.88. The molecule has 15 heavy (non-hydrogen) atoms. The van der Waals surface area contributed by atoms with Crippen molar-refractivity contribution in [3.63, 3.8) is 0 Å². The molecule has 1 aliphatic heterocycles. The molecule has 0 aromatic rings. The van der Waals surface area contributed by atoms with Gasteiger partial charge in [0.05, 0.1) is 6.04 Å². The van der Waals surface area contributed by atoms with Crippen molar-refractivity contribution in [1.29, 1.82) is 0 Å². The van der Waals surface area contributed by atoms with Crippen LogP contribution in [0.5, 0.6) is 0 Å². The number of rotatable bonds is 3. The number of hydrogen-bond donors (Lipinski definition) is 2. The molecular weight excluding hydrogens is 190 g/mol. The van der Waals surface area contributed by atoms with Crippen LogP contribution >= 0.6 is 0 Å². The summed E-state index contributed by atoms with van der Waals surface area (Å²) >= 11 is 0. The third-order valence-corrected chi connectivity index (χ3v) is 3.21. The molecule has 0 spiro atoms. The van der Waals surface area contributed by atoms with Gasteiger partial charge in [-0.15, -0.1) is 0 Å². The highest BCUT2D eigenvalue weighted by Crippen LogP contribution is 2.26. The first-order valence-electron chi connectivity index (χ1n) is 5.45. The first-order chi connectivity index (χ1) is 6.79. The minimum absolute atomic E-state index is 0.0383. The molecule has 4 nitrogen and oxygen atoms in total. The van der Waals surface area contributed by atoms with Gasteiger partial charge in [0.15, 0.2) is 0 Å². The van der Waals surface area contributed by atoms with E-state index in [-0.39, 0.29) is 23.8 Å². The van der Waals surface area contributed by atoms with Crippen LogP contribution in [-0.4, -0.2) is 23.3 Å². The second-order valence-corrected chi connectivity index (χ2v) is 5.02. The zero-order chi connectivity index (χ0) is 11.8. The van der Waals surface area contributed by atoms with Gasteiger partial charge in [-0.25, -0.2) is 0 Å². The third kappa shape index (κ3) is 2.04. The largest absolute Gasteiger partial charge is 0.321 e. The molecular formula is C11H21N3O. The molecule has 0 aliphatic carbocycles. The highest BCUT2D eigenvalue weighted by atomic mass is 16.2. The maximum atomic E-state index is 11.8. The topological polar surface area (TPSA) is 67.5 Å². The summed E-state index contributed by atoms with van der Waals surface area (Å²) in [5, 5.41) is 2.79. The third-order valence-electron chi connectivity index (χ3n) is 3.21. The van der Waals surface area contributed by atoms with Crippen LogP contribution < -0.4 is 11.1 Å². The summed E-state index contributed by atoms with van der Waals surface area (Å²) in [5.74, 6) is 1.04. The Kier molecular flexibility index (Phi) is 3.19. The summed E-state index contributed by atoms with van der Waals surface area (Å²) in [7, 11) is 0. The van der Waals surface area contributed by atoms with Crippen LogP contribution in [0.25, 0.3) is 0 Å². The minimum atomic E-state index is -0.651. The smallest absolute Gasteiger partial charge is 0.253 e. The number of amidine groups is 1. The van der Waals surface area contributed by atoms with Crippen LogP contribution in [0.2, 0.25) is 0 Å². The van der Waals surface area contributed by atoms with Gasteiger partial charge in [0, 0.05) is 0 Å². The monoisotopic (exact) mass is 211 g/mol. The van der Waals surface area contributed by atoms with Gasteiger partial charge in [-0.3, -0.25) is 9.79 Å². The summed E-state index contributed by atoms with van der Waals surface area (Å²) in [5.41, 5.74) is 5.31. The maximum absolute atomic E-state index is 11.8. The molecule has 0 saturated carbocycles. The molecule has 1 amide bonds. The van der Waals surface area contributed by atoms with E-state index in [0.29, 0.717) is 5.84 Å². The van der Waals surface area contributed by atoms with Gasteiger partial charge in [-0.1, -0.05) is 27.7 Å². The van der Waals surface area contributed by atoms with Crippen molar-refractivity contribution in [3.05, 3.63) is 0 Å². The lowest BCUT2D eigenvalue weighted by atomic mass is 9.89. The number of aliphatic imine (C=N–C) groups is 1. The number of carbonyl (C=O) groups is 1. The highest BCUT2D eigenvalue weighted by molar-refractivity contribution is 6.10. The van der Waals surface area contributed by atoms with E-state index in [1.165, 1.54) is 0 Å². The SMILES string of the molecule is CC(C)[C@H](N)C1=NC(C)(C(C)C)C(=O)N1. The summed E-state index contributed by atoms with van der Waals surface area (Å²) in [6, 6.07) is -0.186. The van der Waals surface area contributed by atoms with Crippen LogP contribution in [0, 0.1) is 11.8 Å². The molecule has 0 fully saturated rings. The van der Waals surface area contributed by atoms with E-state index < -0.39 is 5.54 Å². The predicted molar refractivity (Wildman–Crippen MR) is 61.6 cm³/mol. The van der Waals surface area contributed by atoms with Crippen molar-refractivity contribution in [2.75, 3.05) is 0 Å². The molecule has 3 N–H and O–H groups in total. The van der Waals surface area contributed by atoms with E-state index in [1.807, 2.05) is 34.6 Å². The van der Waals surface area contributed by atoms with E-state index in [4.69, 9.17) is 5.73 Å². The van der Waals surface area contributed by atoms with Crippen LogP contribution in [0.1, 0.15) is 34.6 Å². The number of carbonyl (C=O) groups excluding carboxylic acids is 1. The Hall–Kier alpha value is -0.900. The van der Waals surface area contributed by atoms with Gasteiger partial charge in [0.25, 0.3) is 5.91 Å². The molecule has 1 rings (SSSR count). The molecule has 0 saturated heterocycles. The van der Waals surface area contributed by atoms with E-state index >= 15 is 0 Å². The molecule has 0 radical (unpaired) electrons. The predicted octanol–water partition coefficient (Wildman–Crippen LogP) is 0.913. The summed E-state index contributed by atoms with van der Waals surface area (Å²) in [6.07, 6.45) is 0. The Morgan fingerprint density at radius 2 is 1.87 bits per heavy atom. The molecule has 0 aromatic carbocycles. The zero-order valence-corrected chi connectivity index (χ0v) is 10.2. The van der Waals surface area contributed by atoms with Gasteiger partial charge in [-0.2, -0.15) is 0 Å². The van der Waals surface area contributed by atoms with Crippen molar-refractivity contribution in [2.45, 2.75) is 46.2 Å². The van der Waals surface area contributed by atoms with Gasteiger partial charge in [0.1, 0.15) is 11.4 Å². The standard InChI is InChI=1S/C11H21N3O/c1-6(2)8(12)9-13-10(15)11(5,14-9)7(3)4/h6-8H,12H2,1-5H3,(H,13,14,15)/t8-,11?/m0/s1. The van der Waals surface area contributed by atoms with E-state index in [0.717, 1.165) is 0 Å². The fourth-order valence-corrected chi connectivity index (χ4v) is 1.44. The summed E-state index contributed by atoms with van der Waals surface area (Å²) in [4.78, 5) is 16.2. The van der Waals surface area contributed by atoms with Crippen LogP contribution in [0.15, 0.2) is 4.99 Å². The molecule has 1 unspecified atom stereocenters. The second-order valence-electron chi connectivity index (χ2n) is 5.02.